The molecule has 0 fully saturated rings. The van der Waals surface area contributed by atoms with E-state index in [2.05, 4.69) is 15.5 Å². The van der Waals surface area contributed by atoms with E-state index in [1.54, 1.807) is 12.3 Å². The lowest BCUT2D eigenvalue weighted by Gasteiger charge is -2.07. The van der Waals surface area contributed by atoms with Crippen molar-refractivity contribution in [3.8, 4) is 17.0 Å². The minimum Gasteiger partial charge on any atom is -0.489 e. The molecule has 0 saturated heterocycles. The van der Waals surface area contributed by atoms with Gasteiger partial charge in [0.05, 0.1) is 11.9 Å². The number of benzene rings is 3. The number of rotatable bonds is 7. The maximum atomic E-state index is 12.1. The summed E-state index contributed by atoms with van der Waals surface area (Å²) in [4.78, 5) is 16.6. The predicted octanol–water partition coefficient (Wildman–Crippen LogP) is 5.94. The Labute approximate surface area is 193 Å². The largest absolute Gasteiger partial charge is 0.489 e. The highest BCUT2D eigenvalue weighted by molar-refractivity contribution is 7.14. The van der Waals surface area contributed by atoms with Gasteiger partial charge in [-0.1, -0.05) is 60.7 Å². The molecule has 7 heteroatoms. The summed E-state index contributed by atoms with van der Waals surface area (Å²) in [5.74, 6) is 0.623. The molecule has 0 aliphatic rings. The summed E-state index contributed by atoms with van der Waals surface area (Å²) >= 11 is 1.46. The smallest absolute Gasteiger partial charge is 0.336 e. The molecule has 3 aromatic carbocycles. The fourth-order valence-corrected chi connectivity index (χ4v) is 4.00. The Hall–Kier alpha value is -4.23. The van der Waals surface area contributed by atoms with Crippen molar-refractivity contribution in [2.24, 2.45) is 5.10 Å². The Balaban J connectivity index is 1.32. The van der Waals surface area contributed by atoms with E-state index in [-0.39, 0.29) is 0 Å². The van der Waals surface area contributed by atoms with Crippen LogP contribution in [-0.2, 0) is 6.61 Å². The third-order valence-corrected chi connectivity index (χ3v) is 5.68. The van der Waals surface area contributed by atoms with Crippen molar-refractivity contribution in [1.82, 2.24) is 4.98 Å². The minimum atomic E-state index is -0.454. The average molecular weight is 454 g/mol. The molecule has 0 saturated carbocycles. The highest BCUT2D eigenvalue weighted by Gasteiger charge is 2.07. The van der Waals surface area contributed by atoms with E-state index in [1.807, 2.05) is 78.2 Å². The first kappa shape index (κ1) is 20.7. The summed E-state index contributed by atoms with van der Waals surface area (Å²) in [6, 6.07) is 26.7. The van der Waals surface area contributed by atoms with Gasteiger partial charge in [-0.15, -0.1) is 11.3 Å². The highest BCUT2D eigenvalue weighted by Crippen LogP contribution is 2.25. The summed E-state index contributed by atoms with van der Waals surface area (Å²) in [5, 5.41) is 7.66. The molecule has 0 aliphatic carbocycles. The number of nitrogens with zero attached hydrogens (tertiary/aromatic N) is 2. The van der Waals surface area contributed by atoms with Crippen LogP contribution in [0.1, 0.15) is 11.1 Å². The molecule has 33 heavy (non-hydrogen) atoms. The number of fused-ring (bicyclic) bond motifs is 1. The molecule has 5 aromatic rings. The van der Waals surface area contributed by atoms with Crippen molar-refractivity contribution >= 4 is 33.7 Å². The number of thiazole rings is 1. The molecule has 2 heterocycles. The molecule has 0 radical (unpaired) electrons. The van der Waals surface area contributed by atoms with Crippen molar-refractivity contribution in [2.45, 2.75) is 6.61 Å². The minimum absolute atomic E-state index is 0.431. The van der Waals surface area contributed by atoms with Crippen LogP contribution in [0.25, 0.3) is 22.2 Å². The van der Waals surface area contributed by atoms with Crippen LogP contribution in [0, 0.1) is 0 Å². The van der Waals surface area contributed by atoms with Crippen LogP contribution in [0.15, 0.2) is 105 Å². The van der Waals surface area contributed by atoms with E-state index in [4.69, 9.17) is 9.15 Å². The summed E-state index contributed by atoms with van der Waals surface area (Å²) < 4.78 is 11.2. The number of nitrogens with one attached hydrogen (secondary N) is 1. The Morgan fingerprint density at radius 1 is 1.00 bits per heavy atom. The van der Waals surface area contributed by atoms with Gasteiger partial charge in [0.2, 0.25) is 5.13 Å². The lowest BCUT2D eigenvalue weighted by molar-refractivity contribution is 0.306. The number of anilines is 1. The topological polar surface area (TPSA) is 76.7 Å². The highest BCUT2D eigenvalue weighted by atomic mass is 32.1. The normalized spacial score (nSPS) is 11.2. The van der Waals surface area contributed by atoms with E-state index >= 15 is 0 Å². The molecule has 2 aromatic heterocycles. The van der Waals surface area contributed by atoms with Gasteiger partial charge in [0, 0.05) is 34.0 Å². The second-order valence-electron chi connectivity index (χ2n) is 7.23. The van der Waals surface area contributed by atoms with Gasteiger partial charge in [-0.3, -0.25) is 5.43 Å². The van der Waals surface area contributed by atoms with Gasteiger partial charge in [-0.25, -0.2) is 9.78 Å². The molecule has 0 amide bonds. The monoisotopic (exact) mass is 453 g/mol. The first-order chi connectivity index (χ1) is 16.2. The van der Waals surface area contributed by atoms with Crippen LogP contribution in [0.5, 0.6) is 5.75 Å². The summed E-state index contributed by atoms with van der Waals surface area (Å²) in [6.45, 7) is 0.431. The molecule has 1 N–H and O–H groups in total. The number of hydrogen-bond donors (Lipinski definition) is 1. The van der Waals surface area contributed by atoms with Crippen molar-refractivity contribution in [3.63, 3.8) is 0 Å². The first-order valence-electron chi connectivity index (χ1n) is 10.3. The van der Waals surface area contributed by atoms with Gasteiger partial charge in [0.15, 0.2) is 0 Å². The van der Waals surface area contributed by atoms with Crippen LogP contribution in [0.4, 0.5) is 5.13 Å². The lowest BCUT2D eigenvalue weighted by atomic mass is 10.1. The Morgan fingerprint density at radius 3 is 2.61 bits per heavy atom. The SMILES string of the molecule is O=c1cc(C=NNc2nc(-c3ccccc3)cs2)c2ccc(OCc3ccccc3)cc2o1. The molecule has 6 nitrogen and oxygen atoms in total. The molecule has 5 rings (SSSR count). The van der Waals surface area contributed by atoms with Crippen molar-refractivity contribution in [1.29, 1.82) is 0 Å². The zero-order valence-electron chi connectivity index (χ0n) is 17.5. The quantitative estimate of drug-likeness (QED) is 0.187. The van der Waals surface area contributed by atoms with Crippen LogP contribution < -0.4 is 15.8 Å². The van der Waals surface area contributed by atoms with Gasteiger partial charge in [-0.2, -0.15) is 5.10 Å². The van der Waals surface area contributed by atoms with Gasteiger partial charge in [0.25, 0.3) is 0 Å². The fraction of sp³-hybridized carbons (Fsp3) is 0.0385. The fourth-order valence-electron chi connectivity index (χ4n) is 3.33. The number of hydrazone groups is 1. The van der Waals surface area contributed by atoms with Gasteiger partial charge in [0.1, 0.15) is 17.9 Å². The molecule has 0 bridgehead atoms. The molecular formula is C26H19N3O3S. The number of hydrogen-bond acceptors (Lipinski definition) is 7. The van der Waals surface area contributed by atoms with Crippen molar-refractivity contribution < 1.29 is 9.15 Å². The van der Waals surface area contributed by atoms with E-state index in [0.717, 1.165) is 22.2 Å². The second kappa shape index (κ2) is 9.50. The number of ether oxygens (including phenoxy) is 1. The maximum absolute atomic E-state index is 12.1. The Kier molecular flexibility index (Phi) is 5.95. The molecule has 0 aliphatic heterocycles. The summed E-state index contributed by atoms with van der Waals surface area (Å²) in [7, 11) is 0. The third kappa shape index (κ3) is 4.99. The van der Waals surface area contributed by atoms with Crippen molar-refractivity contribution in [3.05, 3.63) is 112 Å². The van der Waals surface area contributed by atoms with Gasteiger partial charge >= 0.3 is 5.63 Å². The standard InChI is InChI=1S/C26H19N3O3S/c30-25-13-20(15-27-29-26-28-23(17-33-26)19-9-5-2-6-10-19)22-12-11-21(14-24(22)32-25)31-16-18-7-3-1-4-8-18/h1-15,17H,16H2,(H,28,29). The molecule has 162 valence electrons. The van der Waals surface area contributed by atoms with Gasteiger partial charge < -0.3 is 9.15 Å². The molecule has 0 atom stereocenters. The van der Waals surface area contributed by atoms with Crippen LogP contribution in [-0.4, -0.2) is 11.2 Å². The zero-order chi connectivity index (χ0) is 22.5. The van der Waals surface area contributed by atoms with Crippen LogP contribution >= 0.6 is 11.3 Å². The zero-order valence-corrected chi connectivity index (χ0v) is 18.3. The van der Waals surface area contributed by atoms with E-state index < -0.39 is 5.63 Å². The molecular weight excluding hydrogens is 434 g/mol. The third-order valence-electron chi connectivity index (χ3n) is 4.93. The van der Waals surface area contributed by atoms with Crippen molar-refractivity contribution in [2.75, 3.05) is 5.43 Å². The van der Waals surface area contributed by atoms with E-state index in [0.29, 0.717) is 28.6 Å². The predicted molar refractivity (Wildman–Crippen MR) is 132 cm³/mol. The molecule has 0 spiro atoms. The Morgan fingerprint density at radius 2 is 1.79 bits per heavy atom. The first-order valence-corrected chi connectivity index (χ1v) is 11.2. The maximum Gasteiger partial charge on any atom is 0.336 e. The van der Waals surface area contributed by atoms with Gasteiger partial charge in [-0.05, 0) is 17.7 Å². The van der Waals surface area contributed by atoms with Crippen LogP contribution in [0.3, 0.4) is 0 Å². The second-order valence-corrected chi connectivity index (χ2v) is 8.09. The average Bonchev–Trinajstić information content (AvgIpc) is 3.32. The summed E-state index contributed by atoms with van der Waals surface area (Å²) in [5.41, 5.74) is 6.55. The van der Waals surface area contributed by atoms with E-state index in [9.17, 15) is 4.79 Å². The lowest BCUT2D eigenvalue weighted by Crippen LogP contribution is -2.02. The molecule has 0 unspecified atom stereocenters. The number of aromatic nitrogens is 1. The Bertz CT molecular complexity index is 1460. The van der Waals surface area contributed by atoms with Crippen LogP contribution in [0.2, 0.25) is 0 Å². The van der Waals surface area contributed by atoms with E-state index in [1.165, 1.54) is 17.4 Å². The summed E-state index contributed by atoms with van der Waals surface area (Å²) in [6.07, 6.45) is 1.59.